The van der Waals surface area contributed by atoms with E-state index < -0.39 is 5.60 Å². The van der Waals surface area contributed by atoms with Gasteiger partial charge in [0.15, 0.2) is 0 Å². The molecule has 4 nitrogen and oxygen atoms in total. The zero-order chi connectivity index (χ0) is 20.1. The lowest BCUT2D eigenvalue weighted by Gasteiger charge is -2.32. The van der Waals surface area contributed by atoms with Gasteiger partial charge in [-0.3, -0.25) is 0 Å². The van der Waals surface area contributed by atoms with Crippen LogP contribution >= 0.6 is 0 Å². The van der Waals surface area contributed by atoms with Gasteiger partial charge in [-0.1, -0.05) is 48.5 Å². The number of carbonyl (C=O) groups is 1. The summed E-state index contributed by atoms with van der Waals surface area (Å²) in [5.41, 5.74) is 4.91. The van der Waals surface area contributed by atoms with Crippen LogP contribution in [0.5, 0.6) is 0 Å². The van der Waals surface area contributed by atoms with E-state index in [1.165, 1.54) is 28.7 Å². The van der Waals surface area contributed by atoms with E-state index >= 15 is 0 Å². The minimum absolute atomic E-state index is 0.0917. The third-order valence-corrected chi connectivity index (χ3v) is 9.14. The van der Waals surface area contributed by atoms with E-state index in [9.17, 15) is 9.90 Å². The van der Waals surface area contributed by atoms with Crippen LogP contribution in [0.2, 0.25) is 0 Å². The van der Waals surface area contributed by atoms with Gasteiger partial charge in [0.25, 0.3) is 0 Å². The molecule has 4 fully saturated rings. The second-order valence-corrected chi connectivity index (χ2v) is 10.5. The Hall–Kier alpha value is -2.33. The Morgan fingerprint density at radius 2 is 1.67 bits per heavy atom. The van der Waals surface area contributed by atoms with Gasteiger partial charge in [0.1, 0.15) is 6.61 Å². The fourth-order valence-corrected chi connectivity index (χ4v) is 7.94. The molecule has 6 unspecified atom stereocenters. The number of benzene rings is 2. The molecule has 5 aliphatic carbocycles. The molecule has 2 aromatic carbocycles. The lowest BCUT2D eigenvalue weighted by molar-refractivity contribution is -0.00137. The molecule has 154 valence electrons. The first kappa shape index (κ1) is 17.4. The van der Waals surface area contributed by atoms with Crippen molar-refractivity contribution in [3.63, 3.8) is 0 Å². The number of hydrogen-bond donors (Lipinski definition) is 2. The minimum atomic E-state index is -0.471. The molecule has 4 heteroatoms. The zero-order valence-electron chi connectivity index (χ0n) is 17.0. The van der Waals surface area contributed by atoms with Gasteiger partial charge in [0, 0.05) is 12.0 Å². The van der Waals surface area contributed by atoms with Crippen molar-refractivity contribution in [1.82, 2.24) is 5.32 Å². The number of fused-ring (bicyclic) bond motifs is 4. The fourth-order valence-electron chi connectivity index (χ4n) is 7.94. The third-order valence-electron chi connectivity index (χ3n) is 9.14. The number of ether oxygens (including phenoxy) is 1. The Bertz CT molecular complexity index is 1020. The minimum Gasteiger partial charge on any atom is -0.449 e. The summed E-state index contributed by atoms with van der Waals surface area (Å²) in [5, 5.41) is 14.1. The summed E-state index contributed by atoms with van der Waals surface area (Å²) in [6.45, 7) is 0.360. The maximum absolute atomic E-state index is 12.8. The van der Waals surface area contributed by atoms with Crippen molar-refractivity contribution in [2.75, 3.05) is 6.61 Å². The molecule has 6 atom stereocenters. The third kappa shape index (κ3) is 2.23. The van der Waals surface area contributed by atoms with Crippen molar-refractivity contribution in [2.45, 2.75) is 49.7 Å². The highest BCUT2D eigenvalue weighted by atomic mass is 16.5. The first-order valence-corrected chi connectivity index (χ1v) is 11.4. The standard InChI is InChI=1S/C26H27NO3/c28-24(27-23-13-26-10-15(26)9-25(29)11-20(23)22(26)12-25)30-14-21-18-7-3-1-5-16(18)17-6-2-4-8-19(17)21/h1-8,15,20-23,29H,9-14H2,(H,27,28). The van der Waals surface area contributed by atoms with E-state index in [0.29, 0.717) is 29.8 Å². The number of alkyl carbamates (subject to hydrolysis) is 1. The fraction of sp³-hybridized carbons (Fsp3) is 0.500. The number of amides is 1. The number of nitrogens with one attached hydrogen (secondary N) is 1. The maximum Gasteiger partial charge on any atom is 0.407 e. The van der Waals surface area contributed by atoms with Crippen LogP contribution in [-0.4, -0.2) is 29.4 Å². The van der Waals surface area contributed by atoms with Crippen LogP contribution in [0.25, 0.3) is 11.1 Å². The second kappa shape index (κ2) is 5.67. The van der Waals surface area contributed by atoms with Crippen molar-refractivity contribution in [3.05, 3.63) is 59.7 Å². The Morgan fingerprint density at radius 3 is 2.40 bits per heavy atom. The zero-order valence-corrected chi connectivity index (χ0v) is 17.0. The predicted octanol–water partition coefficient (Wildman–Crippen LogP) is 4.46. The normalized spacial score (nSPS) is 39.2. The molecular formula is C26H27NO3. The Kier molecular flexibility index (Phi) is 3.28. The van der Waals surface area contributed by atoms with E-state index in [0.717, 1.165) is 25.7 Å². The van der Waals surface area contributed by atoms with Gasteiger partial charge < -0.3 is 15.2 Å². The van der Waals surface area contributed by atoms with Gasteiger partial charge in [-0.15, -0.1) is 0 Å². The highest BCUT2D eigenvalue weighted by Crippen LogP contribution is 2.77. The second-order valence-electron chi connectivity index (χ2n) is 10.5. The average Bonchev–Trinajstić information content (AvgIpc) is 3.06. The molecule has 0 heterocycles. The van der Waals surface area contributed by atoms with Crippen LogP contribution in [0, 0.1) is 23.2 Å². The van der Waals surface area contributed by atoms with Gasteiger partial charge in [0.05, 0.1) is 5.60 Å². The highest BCUT2D eigenvalue weighted by molar-refractivity contribution is 5.79. The monoisotopic (exact) mass is 401 g/mol. The van der Waals surface area contributed by atoms with Gasteiger partial charge in [-0.25, -0.2) is 4.79 Å². The predicted molar refractivity (Wildman–Crippen MR) is 113 cm³/mol. The van der Waals surface area contributed by atoms with Gasteiger partial charge in [0.2, 0.25) is 0 Å². The molecular weight excluding hydrogens is 374 g/mol. The molecule has 0 aliphatic heterocycles. The number of hydrogen-bond acceptors (Lipinski definition) is 3. The lowest BCUT2D eigenvalue weighted by Crippen LogP contribution is -2.40. The smallest absolute Gasteiger partial charge is 0.407 e. The molecule has 2 bridgehead atoms. The number of carbonyl (C=O) groups excluding carboxylic acids is 1. The van der Waals surface area contributed by atoms with Crippen molar-refractivity contribution in [2.24, 2.45) is 23.2 Å². The van der Waals surface area contributed by atoms with E-state index in [2.05, 4.69) is 53.8 Å². The summed E-state index contributed by atoms with van der Waals surface area (Å²) in [7, 11) is 0. The first-order valence-electron chi connectivity index (χ1n) is 11.4. The van der Waals surface area contributed by atoms with Crippen molar-refractivity contribution < 1.29 is 14.6 Å². The molecule has 0 saturated heterocycles. The summed E-state index contributed by atoms with van der Waals surface area (Å²) < 4.78 is 5.79. The molecule has 7 rings (SSSR count). The molecule has 0 aromatic heterocycles. The van der Waals surface area contributed by atoms with Gasteiger partial charge in [-0.2, -0.15) is 0 Å². The lowest BCUT2D eigenvalue weighted by atomic mass is 9.78. The molecule has 5 aliphatic rings. The SMILES string of the molecule is O=C(NC1CC23CC2CC2(O)CC1C3C2)OCC1c2ccccc2-c2ccccc21. The largest absolute Gasteiger partial charge is 0.449 e. The summed E-state index contributed by atoms with van der Waals surface area (Å²) >= 11 is 0. The van der Waals surface area contributed by atoms with Gasteiger partial charge >= 0.3 is 6.09 Å². The van der Waals surface area contributed by atoms with Crippen LogP contribution in [0.1, 0.15) is 49.1 Å². The summed E-state index contributed by atoms with van der Waals surface area (Å²) in [4.78, 5) is 12.8. The molecule has 1 spiro atoms. The molecule has 1 amide bonds. The van der Waals surface area contributed by atoms with Crippen molar-refractivity contribution >= 4 is 6.09 Å². The van der Waals surface area contributed by atoms with Gasteiger partial charge in [-0.05, 0) is 77.5 Å². The molecule has 4 saturated carbocycles. The molecule has 2 N–H and O–H groups in total. The summed E-state index contributed by atoms with van der Waals surface area (Å²) in [5.74, 6) is 1.79. The first-order chi connectivity index (χ1) is 14.6. The number of aliphatic hydroxyl groups is 1. The van der Waals surface area contributed by atoms with Crippen LogP contribution in [0.15, 0.2) is 48.5 Å². The number of rotatable bonds is 3. The van der Waals surface area contributed by atoms with Crippen LogP contribution < -0.4 is 5.32 Å². The quantitative estimate of drug-likeness (QED) is 0.798. The van der Waals surface area contributed by atoms with Crippen molar-refractivity contribution in [3.8, 4) is 11.1 Å². The van der Waals surface area contributed by atoms with E-state index in [4.69, 9.17) is 4.74 Å². The Balaban J connectivity index is 1.07. The van der Waals surface area contributed by atoms with Crippen LogP contribution in [-0.2, 0) is 4.74 Å². The molecule has 2 aromatic rings. The molecule has 0 radical (unpaired) electrons. The van der Waals surface area contributed by atoms with Crippen molar-refractivity contribution in [1.29, 1.82) is 0 Å². The Morgan fingerprint density at radius 1 is 0.967 bits per heavy atom. The molecule has 30 heavy (non-hydrogen) atoms. The summed E-state index contributed by atoms with van der Waals surface area (Å²) in [6.07, 6.45) is 4.80. The Labute approximate surface area is 176 Å². The van der Waals surface area contributed by atoms with E-state index in [-0.39, 0.29) is 18.1 Å². The maximum atomic E-state index is 12.8. The van der Waals surface area contributed by atoms with E-state index in [1.54, 1.807) is 0 Å². The summed E-state index contributed by atoms with van der Waals surface area (Å²) in [6, 6.07) is 17.0. The topological polar surface area (TPSA) is 58.6 Å². The van der Waals surface area contributed by atoms with Crippen LogP contribution in [0.3, 0.4) is 0 Å². The van der Waals surface area contributed by atoms with Crippen LogP contribution in [0.4, 0.5) is 4.79 Å². The average molecular weight is 402 g/mol. The highest BCUT2D eigenvalue weighted by Gasteiger charge is 2.74. The van der Waals surface area contributed by atoms with E-state index in [1.807, 2.05) is 0 Å².